The van der Waals surface area contributed by atoms with E-state index in [-0.39, 0.29) is 11.4 Å². The Hall–Kier alpha value is -2.35. The average molecular weight is 399 g/mol. The van der Waals surface area contributed by atoms with E-state index in [0.717, 1.165) is 31.6 Å². The van der Waals surface area contributed by atoms with Crippen LogP contribution in [0.25, 0.3) is 0 Å². The molecule has 1 atom stereocenters. The Bertz CT molecular complexity index is 826. The highest BCUT2D eigenvalue weighted by Gasteiger charge is 2.33. The molecule has 27 heavy (non-hydrogen) atoms. The maximum atomic E-state index is 12.9. The first-order valence-electron chi connectivity index (χ1n) is 8.51. The molecular weight excluding hydrogens is 381 g/mol. The van der Waals surface area contributed by atoms with Crippen molar-refractivity contribution in [3.8, 4) is 0 Å². The number of aromatic nitrogens is 2. The summed E-state index contributed by atoms with van der Waals surface area (Å²) in [5, 5.41) is 9.96. The number of anilines is 2. The van der Waals surface area contributed by atoms with Crippen LogP contribution in [0.1, 0.15) is 35.8 Å². The number of carbonyl (C=O) groups is 1. The summed E-state index contributed by atoms with van der Waals surface area (Å²) >= 11 is 5.58. The van der Waals surface area contributed by atoms with Crippen LogP contribution in [0.3, 0.4) is 0 Å². The van der Waals surface area contributed by atoms with Gasteiger partial charge in [-0.2, -0.15) is 13.2 Å². The van der Waals surface area contributed by atoms with Crippen molar-refractivity contribution in [2.24, 2.45) is 5.92 Å². The van der Waals surface area contributed by atoms with E-state index in [1.54, 1.807) is 6.07 Å². The molecule has 1 amide bonds. The molecule has 0 bridgehead atoms. The van der Waals surface area contributed by atoms with Gasteiger partial charge in [-0.15, -0.1) is 10.2 Å². The zero-order valence-corrected chi connectivity index (χ0v) is 15.3. The van der Waals surface area contributed by atoms with E-state index in [9.17, 15) is 18.0 Å². The fraction of sp³-hybridized carbons (Fsp3) is 0.389. The normalized spacial score (nSPS) is 17.7. The molecule has 0 radical (unpaired) electrons. The van der Waals surface area contributed by atoms with E-state index in [2.05, 4.69) is 27.3 Å². The summed E-state index contributed by atoms with van der Waals surface area (Å²) < 4.78 is 38.7. The van der Waals surface area contributed by atoms with Crippen LogP contribution in [0, 0.1) is 5.92 Å². The summed E-state index contributed by atoms with van der Waals surface area (Å²) in [6, 6.07) is 6.39. The molecule has 1 aliphatic heterocycles. The number of amides is 1. The Morgan fingerprint density at radius 1 is 1.26 bits per heavy atom. The van der Waals surface area contributed by atoms with Gasteiger partial charge in [0.15, 0.2) is 11.5 Å². The first-order valence-corrected chi connectivity index (χ1v) is 8.88. The fourth-order valence-electron chi connectivity index (χ4n) is 3.03. The van der Waals surface area contributed by atoms with Crippen molar-refractivity contribution in [2.75, 3.05) is 23.3 Å². The molecule has 0 aliphatic carbocycles. The second-order valence-electron chi connectivity index (χ2n) is 6.62. The van der Waals surface area contributed by atoms with Crippen molar-refractivity contribution in [2.45, 2.75) is 25.9 Å². The lowest BCUT2D eigenvalue weighted by atomic mass is 10.0. The molecule has 5 nitrogen and oxygen atoms in total. The van der Waals surface area contributed by atoms with Crippen molar-refractivity contribution in [3.63, 3.8) is 0 Å². The van der Waals surface area contributed by atoms with E-state index in [0.29, 0.717) is 11.7 Å². The van der Waals surface area contributed by atoms with Crippen LogP contribution in [0.2, 0.25) is 5.02 Å². The third-order valence-corrected chi connectivity index (χ3v) is 4.72. The van der Waals surface area contributed by atoms with Crippen molar-refractivity contribution in [1.29, 1.82) is 0 Å². The minimum absolute atomic E-state index is 0.0207. The van der Waals surface area contributed by atoms with Gasteiger partial charge >= 0.3 is 6.18 Å². The number of alkyl halides is 3. The van der Waals surface area contributed by atoms with Crippen LogP contribution in [0.15, 0.2) is 30.3 Å². The van der Waals surface area contributed by atoms with Crippen LogP contribution in [-0.4, -0.2) is 29.2 Å². The third kappa shape index (κ3) is 4.68. The van der Waals surface area contributed by atoms with Crippen LogP contribution < -0.4 is 10.2 Å². The Morgan fingerprint density at radius 2 is 2.04 bits per heavy atom. The van der Waals surface area contributed by atoms with Gasteiger partial charge in [-0.3, -0.25) is 4.79 Å². The second-order valence-corrected chi connectivity index (χ2v) is 7.02. The quantitative estimate of drug-likeness (QED) is 0.818. The molecule has 2 aromatic rings. The maximum absolute atomic E-state index is 12.9. The number of carbonyl (C=O) groups excluding carboxylic acids is 1. The van der Waals surface area contributed by atoms with Crippen molar-refractivity contribution < 1.29 is 18.0 Å². The van der Waals surface area contributed by atoms with Crippen LogP contribution in [-0.2, 0) is 6.18 Å². The zero-order valence-electron chi connectivity index (χ0n) is 14.6. The van der Waals surface area contributed by atoms with E-state index in [1.165, 1.54) is 18.6 Å². The number of piperidine rings is 1. The van der Waals surface area contributed by atoms with Gasteiger partial charge in [0.05, 0.1) is 10.6 Å². The summed E-state index contributed by atoms with van der Waals surface area (Å²) in [5.74, 6) is 0.608. The molecule has 0 saturated carbocycles. The summed E-state index contributed by atoms with van der Waals surface area (Å²) in [4.78, 5) is 14.4. The van der Waals surface area contributed by atoms with Gasteiger partial charge < -0.3 is 10.2 Å². The van der Waals surface area contributed by atoms with Gasteiger partial charge in [0.2, 0.25) is 0 Å². The van der Waals surface area contributed by atoms with Gasteiger partial charge in [-0.1, -0.05) is 18.5 Å². The highest BCUT2D eigenvalue weighted by molar-refractivity contribution is 6.31. The van der Waals surface area contributed by atoms with Crippen LogP contribution in [0.4, 0.5) is 24.7 Å². The van der Waals surface area contributed by atoms with Gasteiger partial charge in [0, 0.05) is 18.8 Å². The molecule has 144 valence electrons. The average Bonchev–Trinajstić information content (AvgIpc) is 2.62. The van der Waals surface area contributed by atoms with E-state index in [4.69, 9.17) is 11.6 Å². The summed E-state index contributed by atoms with van der Waals surface area (Å²) in [7, 11) is 0. The first kappa shape index (κ1) is 19.4. The van der Waals surface area contributed by atoms with Crippen molar-refractivity contribution in [3.05, 3.63) is 46.6 Å². The van der Waals surface area contributed by atoms with Crippen LogP contribution in [0.5, 0.6) is 0 Å². The largest absolute Gasteiger partial charge is 0.417 e. The standard InChI is InChI=1S/C18H18ClF3N4O/c1-11-3-2-8-26(10-11)16-7-6-15(24-25-16)17(27)23-12-4-5-14(19)13(9-12)18(20,21)22/h4-7,9,11H,2-3,8,10H2,1H3,(H,23,27). The molecule has 1 aromatic carbocycles. The lowest BCUT2D eigenvalue weighted by Gasteiger charge is -2.31. The number of benzene rings is 1. The highest BCUT2D eigenvalue weighted by atomic mass is 35.5. The third-order valence-electron chi connectivity index (χ3n) is 4.39. The summed E-state index contributed by atoms with van der Waals surface area (Å²) in [5.41, 5.74) is -1.01. The zero-order chi connectivity index (χ0) is 19.6. The number of halogens is 4. The highest BCUT2D eigenvalue weighted by Crippen LogP contribution is 2.36. The predicted molar refractivity (Wildman–Crippen MR) is 97.1 cm³/mol. The molecule has 3 rings (SSSR count). The smallest absolute Gasteiger partial charge is 0.355 e. The minimum Gasteiger partial charge on any atom is -0.355 e. The number of hydrogen-bond donors (Lipinski definition) is 1. The molecule has 0 spiro atoms. The maximum Gasteiger partial charge on any atom is 0.417 e. The molecule has 1 aliphatic rings. The number of nitrogens with one attached hydrogen (secondary N) is 1. The van der Waals surface area contributed by atoms with Gasteiger partial charge in [0.1, 0.15) is 0 Å². The Kier molecular flexibility index (Phi) is 5.55. The molecule has 1 unspecified atom stereocenters. The Morgan fingerprint density at radius 3 is 2.67 bits per heavy atom. The number of nitrogens with zero attached hydrogens (tertiary/aromatic N) is 3. The molecule has 1 aromatic heterocycles. The van der Waals surface area contributed by atoms with Crippen LogP contribution >= 0.6 is 11.6 Å². The molecule has 9 heteroatoms. The van der Waals surface area contributed by atoms with E-state index >= 15 is 0 Å². The predicted octanol–water partition coefficient (Wildman–Crippen LogP) is 4.64. The Labute approximate surface area is 159 Å². The second kappa shape index (κ2) is 7.72. The van der Waals surface area contributed by atoms with Gasteiger partial charge in [0.25, 0.3) is 5.91 Å². The SMILES string of the molecule is CC1CCCN(c2ccc(C(=O)Nc3ccc(Cl)c(C(F)(F)F)c3)nn2)C1. The van der Waals surface area contributed by atoms with Gasteiger partial charge in [-0.05, 0) is 49.1 Å². The van der Waals surface area contributed by atoms with E-state index in [1.807, 2.05) is 0 Å². The Balaban J connectivity index is 1.71. The van der Waals surface area contributed by atoms with E-state index < -0.39 is 22.7 Å². The lowest BCUT2D eigenvalue weighted by molar-refractivity contribution is -0.137. The molecule has 1 saturated heterocycles. The monoisotopic (exact) mass is 398 g/mol. The summed E-state index contributed by atoms with van der Waals surface area (Å²) in [6.45, 7) is 3.93. The number of hydrogen-bond acceptors (Lipinski definition) is 4. The van der Waals surface area contributed by atoms with Crippen molar-refractivity contribution in [1.82, 2.24) is 10.2 Å². The van der Waals surface area contributed by atoms with Crippen molar-refractivity contribution >= 4 is 29.0 Å². The minimum atomic E-state index is -4.61. The lowest BCUT2D eigenvalue weighted by Crippen LogP contribution is -2.35. The molecule has 1 N–H and O–H groups in total. The fourth-order valence-corrected chi connectivity index (χ4v) is 3.25. The first-order chi connectivity index (χ1) is 12.7. The number of rotatable bonds is 3. The summed E-state index contributed by atoms with van der Waals surface area (Å²) in [6.07, 6.45) is -2.36. The topological polar surface area (TPSA) is 58.1 Å². The molecule has 1 fully saturated rings. The van der Waals surface area contributed by atoms with Gasteiger partial charge in [-0.25, -0.2) is 0 Å². The molecule has 2 heterocycles. The molecular formula is C18H18ClF3N4O.